The third-order valence-electron chi connectivity index (χ3n) is 22.4. The number of amides is 11. The maximum Gasteiger partial charge on any atom is 0.453 e. The van der Waals surface area contributed by atoms with Crippen LogP contribution < -0.4 is 30.1 Å². The van der Waals surface area contributed by atoms with Crippen molar-refractivity contribution >= 4 is 126 Å². The van der Waals surface area contributed by atoms with Crippen LogP contribution in [0.25, 0.3) is 0 Å². The molecule has 2 unspecified atom stereocenters. The van der Waals surface area contributed by atoms with Crippen molar-refractivity contribution in [1.29, 1.82) is 0 Å². The maximum absolute atomic E-state index is 13.9. The molecule has 0 saturated carbocycles. The van der Waals surface area contributed by atoms with Crippen LogP contribution in [0.5, 0.6) is 0 Å². The largest absolute Gasteiger partial charge is 0.616 e. The molecule has 0 aliphatic carbocycles. The molecule has 0 radical (unpaired) electrons. The summed E-state index contributed by atoms with van der Waals surface area (Å²) in [6, 6.07) is 5.92. The van der Waals surface area contributed by atoms with Crippen LogP contribution in [0.4, 0.5) is 154 Å². The predicted molar refractivity (Wildman–Crippen MR) is 479 cm³/mol. The van der Waals surface area contributed by atoms with E-state index in [-0.39, 0.29) is 85.0 Å². The highest BCUT2D eigenvalue weighted by Crippen LogP contribution is 2.47. The summed E-state index contributed by atoms with van der Waals surface area (Å²) in [5, 5.41) is 4.46. The fourth-order valence-corrected chi connectivity index (χ4v) is 18.7. The van der Waals surface area contributed by atoms with Crippen LogP contribution in [-0.4, -0.2) is 244 Å². The van der Waals surface area contributed by atoms with Crippen LogP contribution in [0.2, 0.25) is 0 Å². The fraction of sp³-hybridized carbons (Fsp3) is 0.701. The second-order valence-electron chi connectivity index (χ2n) is 35.7. The Morgan fingerprint density at radius 3 is 0.870 bits per heavy atom. The number of halogens is 24. The lowest BCUT2D eigenvalue weighted by atomic mass is 10.0. The zero-order valence-electron chi connectivity index (χ0n) is 78.2. The molecule has 23 nitrogen and oxygen atoms in total. The van der Waals surface area contributed by atoms with Gasteiger partial charge in [0.15, 0.2) is 0 Å². The zero-order valence-corrected chi connectivity index (χ0v) is 81.5. The molecule has 6 rings (SSSR count). The molecule has 3 N–H and O–H groups in total. The number of sulfonamides is 1. The lowest BCUT2D eigenvalue weighted by Crippen LogP contribution is -2.44. The van der Waals surface area contributed by atoms with Crippen LogP contribution in [0, 0.1) is 0 Å². The minimum atomic E-state index is -5.62. The van der Waals surface area contributed by atoms with Crippen LogP contribution in [0.15, 0.2) is 54.6 Å². The number of carbonyl (C=O) groups excluding carboxylic acids is 8. The van der Waals surface area contributed by atoms with Gasteiger partial charge in [-0.2, -0.15) is 117 Å². The number of imide groups is 3. The first-order valence-corrected chi connectivity index (χ1v) is 50.4. The number of alkyl halides is 24. The molecule has 3 aliphatic heterocycles. The van der Waals surface area contributed by atoms with Gasteiger partial charge in [0.25, 0.3) is 17.7 Å². The van der Waals surface area contributed by atoms with E-state index in [2.05, 4.69) is 10.6 Å². The topological polar surface area (TPSA) is 279 Å². The number of hydrogen-bond donors (Lipinski definition) is 3. The van der Waals surface area contributed by atoms with Gasteiger partial charge in [-0.25, -0.2) is 37.5 Å². The number of rotatable bonds is 53. The Labute approximate surface area is 797 Å². The van der Waals surface area contributed by atoms with Gasteiger partial charge >= 0.3 is 72.9 Å². The van der Waals surface area contributed by atoms with Gasteiger partial charge in [-0.1, -0.05) is 106 Å². The summed E-state index contributed by atoms with van der Waals surface area (Å²) in [5.41, 5.74) is -10.3. The molecule has 788 valence electrons. The van der Waals surface area contributed by atoms with Crippen LogP contribution in [0.1, 0.15) is 232 Å². The van der Waals surface area contributed by atoms with Gasteiger partial charge in [-0.05, 0) is 206 Å². The van der Waals surface area contributed by atoms with E-state index in [1.165, 1.54) is 89.9 Å². The van der Waals surface area contributed by atoms with Gasteiger partial charge in [0, 0.05) is 38.9 Å². The molecule has 0 spiro atoms. The van der Waals surface area contributed by atoms with Crippen molar-refractivity contribution in [1.82, 2.24) is 24.5 Å². The number of benzene rings is 3. The summed E-state index contributed by atoms with van der Waals surface area (Å²) in [4.78, 5) is 113. The van der Waals surface area contributed by atoms with E-state index in [1.807, 2.05) is 0 Å². The van der Waals surface area contributed by atoms with E-state index in [0.29, 0.717) is 97.8 Å². The molecule has 51 heteroatoms. The first kappa shape index (κ1) is 123. The number of likely N-dealkylation sites (N-methyl/N-ethyl adjacent to an activating group) is 2. The predicted octanol–water partition coefficient (Wildman–Crippen LogP) is 22.5. The average molecular weight is 2100 g/mol. The Hall–Kier alpha value is -7.62. The minimum Gasteiger partial charge on any atom is -0.616 e. The lowest BCUT2D eigenvalue weighted by molar-refractivity contribution is -0.284. The molecule has 3 saturated heterocycles. The highest BCUT2D eigenvalue weighted by molar-refractivity contribution is 7.99. The number of urea groups is 3. The third-order valence-corrected chi connectivity index (χ3v) is 27.1. The molecule has 3 aromatic rings. The molecule has 3 aliphatic rings. The molecule has 11 amide bonds. The number of thioether (sulfide) groups is 1. The number of hydrogen-bond acceptors (Lipinski definition) is 15. The van der Waals surface area contributed by atoms with E-state index in [9.17, 15) is 161 Å². The Balaban J connectivity index is 0.000000432. The summed E-state index contributed by atoms with van der Waals surface area (Å²) >= 11 is -1.62. The monoisotopic (exact) mass is 2100 g/mol. The Bertz CT molecular complexity index is 4600. The second-order valence-corrected chi connectivity index (χ2v) is 42.0. The van der Waals surface area contributed by atoms with Crippen LogP contribution in [0.3, 0.4) is 0 Å². The molecular formula is C87H121F24N11O12S4. The molecule has 138 heavy (non-hydrogen) atoms. The zero-order chi connectivity index (χ0) is 105. The van der Waals surface area contributed by atoms with Crippen molar-refractivity contribution in [2.75, 3.05) is 132 Å². The molecular weight excluding hydrogens is 1980 g/mol. The average Bonchev–Trinajstić information content (AvgIpc) is 1.60. The third kappa shape index (κ3) is 37.3. The summed E-state index contributed by atoms with van der Waals surface area (Å²) in [5.74, 6) is -16.8. The molecule has 2 atom stereocenters. The van der Waals surface area contributed by atoms with E-state index < -0.39 is 217 Å². The van der Waals surface area contributed by atoms with Gasteiger partial charge in [0.2, 0.25) is 21.8 Å². The van der Waals surface area contributed by atoms with Crippen molar-refractivity contribution < 1.29 is 161 Å². The van der Waals surface area contributed by atoms with E-state index in [1.54, 1.807) is 32.9 Å². The van der Waals surface area contributed by atoms with Gasteiger partial charge < -0.3 is 44.2 Å². The number of unbranched alkanes of at least 4 members (excludes halogenated alkanes) is 18. The molecule has 0 bridgehead atoms. The Kier molecular flexibility index (Phi) is 46.3. The van der Waals surface area contributed by atoms with Gasteiger partial charge in [-0.15, -0.1) is 0 Å². The van der Waals surface area contributed by atoms with E-state index in [0.717, 1.165) is 106 Å². The van der Waals surface area contributed by atoms with Crippen LogP contribution >= 0.6 is 11.8 Å². The highest BCUT2D eigenvalue weighted by Gasteiger charge is 2.60. The van der Waals surface area contributed by atoms with Gasteiger partial charge in [0.1, 0.15) is 39.6 Å². The smallest absolute Gasteiger partial charge is 0.453 e. The summed E-state index contributed by atoms with van der Waals surface area (Å²) in [6.45, 7) is 9.32. The SMILES string of the molecule is CC1(C)C(=O)N(c2ccc(NS(C)(=O)=O)c(C(F)(F)F)c2)C(=O)N1CCCCCCCCC[S+]([O-])CCCC(F)(F)C(F)(F)F.CN(C)CC(=O)Nc1ccc(N2C(=O)N(CCCCCCCCCSCCCC(F)(F)C(F)(F)F)C(C)(C)C2=O)cc1C(F)(F)F.CN(C)CC(=O)Nc1ccc(N2C(=O)N(CCCCCCCCC[S+]([O-])CCCC(F)(F)C(F)(F)F)C(C)(C)C2=O)cc1C(F)(F)F. The van der Waals surface area contributed by atoms with Crippen molar-refractivity contribution in [3.05, 3.63) is 71.3 Å². The molecule has 3 aromatic carbocycles. The summed E-state index contributed by atoms with van der Waals surface area (Å²) in [6.07, 6.45) is -20.9. The number of carbonyl (C=O) groups is 8. The highest BCUT2D eigenvalue weighted by atomic mass is 32.2. The normalized spacial score (nSPS) is 16.3. The number of nitrogens with zero attached hydrogens (tertiary/aromatic N) is 8. The number of nitrogens with one attached hydrogen (secondary N) is 3. The summed E-state index contributed by atoms with van der Waals surface area (Å²) in [7, 11) is 2.30. The molecule has 3 fully saturated rings. The Morgan fingerprint density at radius 2 is 0.601 bits per heavy atom. The number of anilines is 6. The molecule has 0 aromatic heterocycles. The standard InChI is InChI=1S/C30H42F8N4O4S.C30H42F8N4O3S.C27H37F8N3O5S2/c1-27(2)25(44)42(21-13-14-23(22(19-21)29(33,34)35)39-24(43)20-40(3)4)26(45)41(27)16-10-8-6-5-7-9-11-17-47(46)18-12-15-28(31,32)30(36,37)38;1-27(2)25(44)42(21-13-14-23(22(19-21)29(33,34)35)39-24(43)20-40(3)4)26(45)41(27)16-10-8-6-5-7-9-11-17-46-18-12-15-28(31,32)30(36,37)38;1-24(2)22(39)38(19-12-13-21(36-45(3,42)43)20(18-19)26(30,31)32)23(40)37(24)15-9-7-5-4-6-8-10-16-44(41)17-11-14-25(28,29)27(33,34)35/h13-14,19H,5-12,15-18,20H2,1-4H3,(H,39,43);13-14,19H,5-12,15-18,20H2,1-4H3,(H,39,43);12-13,18,36H,4-11,14-17H2,1-3H3. The van der Waals surface area contributed by atoms with Crippen molar-refractivity contribution in [2.45, 2.75) is 286 Å². The van der Waals surface area contributed by atoms with E-state index >= 15 is 0 Å². The quantitative estimate of drug-likeness (QED) is 0.0205. The lowest BCUT2D eigenvalue weighted by Gasteiger charge is -2.27. The van der Waals surface area contributed by atoms with E-state index in [4.69, 9.17) is 0 Å². The minimum absolute atomic E-state index is 0.142. The van der Waals surface area contributed by atoms with Crippen molar-refractivity contribution in [2.24, 2.45) is 0 Å². The van der Waals surface area contributed by atoms with Crippen molar-refractivity contribution in [3.63, 3.8) is 0 Å². The van der Waals surface area contributed by atoms with Gasteiger partial charge in [-0.3, -0.25) is 28.7 Å². The van der Waals surface area contributed by atoms with Crippen LogP contribution in [-0.2, 0) is 74.9 Å². The Morgan fingerprint density at radius 1 is 0.362 bits per heavy atom. The second kappa shape index (κ2) is 52.1. The summed E-state index contributed by atoms with van der Waals surface area (Å²) < 4.78 is 360. The fourth-order valence-electron chi connectivity index (χ4n) is 14.7. The maximum atomic E-state index is 13.9. The first-order valence-electron chi connectivity index (χ1n) is 44.4. The first-order chi connectivity index (χ1) is 63.3. The van der Waals surface area contributed by atoms with Crippen molar-refractivity contribution in [3.8, 4) is 0 Å². The molecule has 3 heterocycles. The van der Waals surface area contributed by atoms with Gasteiger partial charge in [0.05, 0.1) is 70.2 Å².